The molecule has 0 saturated carbocycles. The lowest BCUT2D eigenvalue weighted by Gasteiger charge is -2.31. The van der Waals surface area contributed by atoms with Crippen LogP contribution in [-0.4, -0.2) is 42.8 Å². The van der Waals surface area contributed by atoms with E-state index >= 15 is 0 Å². The van der Waals surface area contributed by atoms with Crippen LogP contribution in [0.15, 0.2) is 42.7 Å². The number of aryl methyl sites for hydroxylation is 2. The number of imidazole rings is 1. The van der Waals surface area contributed by atoms with Gasteiger partial charge in [0.05, 0.1) is 22.4 Å². The number of para-hydroxylation sites is 2. The van der Waals surface area contributed by atoms with Gasteiger partial charge in [-0.15, -0.1) is 0 Å². The summed E-state index contributed by atoms with van der Waals surface area (Å²) in [7, 11) is 1.93. The van der Waals surface area contributed by atoms with Crippen molar-refractivity contribution in [2.24, 2.45) is 7.05 Å². The van der Waals surface area contributed by atoms with E-state index < -0.39 is 0 Å². The van der Waals surface area contributed by atoms with Gasteiger partial charge in [-0.1, -0.05) is 12.1 Å². The number of H-pyrrole nitrogens is 1. The first-order valence-electron chi connectivity index (χ1n) is 9.70. The fourth-order valence-corrected chi connectivity index (χ4v) is 4.02. The second-order valence-electron chi connectivity index (χ2n) is 7.44. The Balaban J connectivity index is 1.33. The van der Waals surface area contributed by atoms with Crippen LogP contribution in [0.4, 0.5) is 5.95 Å². The van der Waals surface area contributed by atoms with Crippen LogP contribution in [0, 0.1) is 6.92 Å². The maximum Gasteiger partial charge on any atom is 0.225 e. The van der Waals surface area contributed by atoms with Crippen LogP contribution < -0.4 is 4.90 Å². The second kappa shape index (κ2) is 6.74. The third kappa shape index (κ3) is 3.02. The normalized spacial score (nSPS) is 15.4. The molecule has 28 heavy (non-hydrogen) atoms. The summed E-state index contributed by atoms with van der Waals surface area (Å²) < 4.78 is 1.82. The van der Waals surface area contributed by atoms with E-state index in [1.165, 1.54) is 0 Å². The Morgan fingerprint density at radius 3 is 2.64 bits per heavy atom. The Morgan fingerprint density at radius 1 is 1.07 bits per heavy atom. The SMILES string of the molecule is Cc1nn(C)cc1-c1ccnc(N2CCC(c3nc4ccccc4[nH]3)CC2)n1. The lowest BCUT2D eigenvalue weighted by Crippen LogP contribution is -2.34. The van der Waals surface area contributed by atoms with Crippen LogP contribution in [0.2, 0.25) is 0 Å². The van der Waals surface area contributed by atoms with E-state index in [-0.39, 0.29) is 0 Å². The highest BCUT2D eigenvalue weighted by molar-refractivity contribution is 5.74. The number of aromatic nitrogens is 6. The minimum Gasteiger partial charge on any atom is -0.342 e. The second-order valence-corrected chi connectivity index (χ2v) is 7.44. The van der Waals surface area contributed by atoms with Crippen LogP contribution >= 0.6 is 0 Å². The molecule has 4 aromatic rings. The molecule has 1 aliphatic heterocycles. The zero-order valence-electron chi connectivity index (χ0n) is 16.1. The first kappa shape index (κ1) is 16.9. The molecule has 1 N–H and O–H groups in total. The summed E-state index contributed by atoms with van der Waals surface area (Å²) in [6.45, 7) is 3.87. The molecule has 0 aliphatic carbocycles. The number of rotatable bonds is 3. The monoisotopic (exact) mass is 373 g/mol. The van der Waals surface area contributed by atoms with Crippen molar-refractivity contribution in [2.75, 3.05) is 18.0 Å². The van der Waals surface area contributed by atoms with Crippen LogP contribution in [0.3, 0.4) is 0 Å². The maximum atomic E-state index is 4.81. The van der Waals surface area contributed by atoms with Crippen molar-refractivity contribution in [1.29, 1.82) is 0 Å². The molecule has 0 atom stereocenters. The van der Waals surface area contributed by atoms with Crippen molar-refractivity contribution in [1.82, 2.24) is 29.7 Å². The Bertz CT molecular complexity index is 1090. The molecule has 0 amide bonds. The number of nitrogens with one attached hydrogen (secondary N) is 1. The number of anilines is 1. The summed E-state index contributed by atoms with van der Waals surface area (Å²) >= 11 is 0. The Kier molecular flexibility index (Phi) is 4.07. The van der Waals surface area contributed by atoms with Crippen molar-refractivity contribution < 1.29 is 0 Å². The number of nitrogens with zero attached hydrogens (tertiary/aromatic N) is 6. The van der Waals surface area contributed by atoms with E-state index in [1.54, 1.807) is 0 Å². The molecule has 7 heteroatoms. The maximum absolute atomic E-state index is 4.81. The highest BCUT2D eigenvalue weighted by atomic mass is 15.3. The molecular weight excluding hydrogens is 350 g/mol. The molecule has 4 heterocycles. The fraction of sp³-hybridized carbons (Fsp3) is 0.333. The molecule has 0 spiro atoms. The molecule has 0 unspecified atom stereocenters. The molecule has 1 fully saturated rings. The predicted molar refractivity (Wildman–Crippen MR) is 109 cm³/mol. The molecule has 3 aromatic heterocycles. The molecule has 1 aliphatic rings. The van der Waals surface area contributed by atoms with Crippen molar-refractivity contribution in [3.05, 3.63) is 54.2 Å². The highest BCUT2D eigenvalue weighted by Crippen LogP contribution is 2.30. The topological polar surface area (TPSA) is 75.5 Å². The lowest BCUT2D eigenvalue weighted by molar-refractivity contribution is 0.484. The summed E-state index contributed by atoms with van der Waals surface area (Å²) in [5.74, 6) is 2.35. The van der Waals surface area contributed by atoms with Gasteiger partial charge in [-0.2, -0.15) is 5.10 Å². The standard InChI is InChI=1S/C21H23N7/c1-14-16(13-27(2)26-14)17-7-10-22-21(25-17)28-11-8-15(9-12-28)20-23-18-5-3-4-6-19(18)24-20/h3-7,10,13,15H,8-9,11-12H2,1-2H3,(H,23,24). The number of aromatic amines is 1. The van der Waals surface area contributed by atoms with Gasteiger partial charge in [-0.3, -0.25) is 4.68 Å². The Hall–Kier alpha value is -3.22. The van der Waals surface area contributed by atoms with Gasteiger partial charge in [0.1, 0.15) is 5.82 Å². The molecule has 7 nitrogen and oxygen atoms in total. The molecule has 5 rings (SSSR count). The smallest absolute Gasteiger partial charge is 0.225 e. The number of hydrogen-bond donors (Lipinski definition) is 1. The highest BCUT2D eigenvalue weighted by Gasteiger charge is 2.24. The molecular formula is C21H23N7. The van der Waals surface area contributed by atoms with Gasteiger partial charge in [0, 0.05) is 44.0 Å². The molecule has 1 aromatic carbocycles. The Morgan fingerprint density at radius 2 is 1.89 bits per heavy atom. The van der Waals surface area contributed by atoms with Gasteiger partial charge in [0.2, 0.25) is 5.95 Å². The first-order valence-corrected chi connectivity index (χ1v) is 9.70. The summed E-state index contributed by atoms with van der Waals surface area (Å²) in [5.41, 5.74) is 5.12. The van der Waals surface area contributed by atoms with E-state index in [2.05, 4.69) is 32.1 Å². The molecule has 0 radical (unpaired) electrons. The summed E-state index contributed by atoms with van der Waals surface area (Å²) in [6.07, 6.45) is 5.93. The quantitative estimate of drug-likeness (QED) is 0.595. The number of fused-ring (bicyclic) bond motifs is 1. The van der Waals surface area contributed by atoms with E-state index in [0.717, 1.165) is 65.7 Å². The van der Waals surface area contributed by atoms with E-state index in [4.69, 9.17) is 9.97 Å². The molecule has 142 valence electrons. The van der Waals surface area contributed by atoms with Crippen LogP contribution in [0.1, 0.15) is 30.3 Å². The van der Waals surface area contributed by atoms with E-state index in [0.29, 0.717) is 5.92 Å². The number of hydrogen-bond acceptors (Lipinski definition) is 5. The first-order chi connectivity index (χ1) is 13.7. The third-order valence-corrected chi connectivity index (χ3v) is 5.50. The van der Waals surface area contributed by atoms with Crippen LogP contribution in [-0.2, 0) is 7.05 Å². The van der Waals surface area contributed by atoms with Gasteiger partial charge in [0.25, 0.3) is 0 Å². The van der Waals surface area contributed by atoms with Gasteiger partial charge in [0.15, 0.2) is 0 Å². The lowest BCUT2D eigenvalue weighted by atomic mass is 9.96. The van der Waals surface area contributed by atoms with Crippen molar-refractivity contribution in [3.8, 4) is 11.3 Å². The fourth-order valence-electron chi connectivity index (χ4n) is 4.02. The zero-order valence-corrected chi connectivity index (χ0v) is 16.1. The number of piperidine rings is 1. The summed E-state index contributed by atoms with van der Waals surface area (Å²) in [5, 5.41) is 4.42. The largest absolute Gasteiger partial charge is 0.342 e. The third-order valence-electron chi connectivity index (χ3n) is 5.50. The zero-order chi connectivity index (χ0) is 19.1. The molecule has 1 saturated heterocycles. The summed E-state index contributed by atoms with van der Waals surface area (Å²) in [6, 6.07) is 10.2. The van der Waals surface area contributed by atoms with Gasteiger partial charge in [-0.25, -0.2) is 15.0 Å². The van der Waals surface area contributed by atoms with E-state index in [1.807, 2.05) is 49.2 Å². The number of benzene rings is 1. The van der Waals surface area contributed by atoms with Gasteiger partial charge < -0.3 is 9.88 Å². The van der Waals surface area contributed by atoms with Crippen LogP contribution in [0.25, 0.3) is 22.3 Å². The summed E-state index contributed by atoms with van der Waals surface area (Å²) in [4.78, 5) is 19.9. The van der Waals surface area contributed by atoms with Crippen molar-refractivity contribution in [2.45, 2.75) is 25.7 Å². The Labute approximate surface area is 163 Å². The van der Waals surface area contributed by atoms with Crippen LogP contribution in [0.5, 0.6) is 0 Å². The van der Waals surface area contributed by atoms with Gasteiger partial charge in [-0.05, 0) is 38.0 Å². The average molecular weight is 373 g/mol. The van der Waals surface area contributed by atoms with Gasteiger partial charge >= 0.3 is 0 Å². The minimum absolute atomic E-state index is 0.451. The molecule has 0 bridgehead atoms. The van der Waals surface area contributed by atoms with Crippen molar-refractivity contribution >= 4 is 17.0 Å². The predicted octanol–water partition coefficient (Wildman–Crippen LogP) is 3.45. The minimum atomic E-state index is 0.451. The average Bonchev–Trinajstić information content (AvgIpc) is 3.31. The van der Waals surface area contributed by atoms with Crippen molar-refractivity contribution in [3.63, 3.8) is 0 Å². The van der Waals surface area contributed by atoms with E-state index in [9.17, 15) is 0 Å².